The molecule has 5 rings (SSSR count). The molecule has 0 bridgehead atoms. The number of aryl methyl sites for hydroxylation is 4. The number of rotatable bonds is 7. The number of anilines is 2. The number of nitrogens with one attached hydrogen (secondary N) is 2. The van der Waals surface area contributed by atoms with E-state index >= 15 is 0 Å². The van der Waals surface area contributed by atoms with Crippen molar-refractivity contribution in [3.05, 3.63) is 106 Å². The van der Waals surface area contributed by atoms with Gasteiger partial charge in [0.05, 0.1) is 17.8 Å². The molecule has 8 heteroatoms. The first kappa shape index (κ1) is 27.6. The van der Waals surface area contributed by atoms with Crippen molar-refractivity contribution < 1.29 is 9.53 Å². The third-order valence-corrected chi connectivity index (χ3v) is 7.70. The summed E-state index contributed by atoms with van der Waals surface area (Å²) in [6.45, 7) is 10.6. The highest BCUT2D eigenvalue weighted by Crippen LogP contribution is 2.44. The molecule has 1 amide bonds. The van der Waals surface area contributed by atoms with Gasteiger partial charge in [-0.2, -0.15) is 0 Å². The molecule has 2 atom stereocenters. The highest BCUT2D eigenvalue weighted by Gasteiger charge is 2.42. The van der Waals surface area contributed by atoms with Crippen molar-refractivity contribution in [2.24, 2.45) is 0 Å². The molecule has 1 fully saturated rings. The van der Waals surface area contributed by atoms with E-state index in [1.165, 1.54) is 23.8 Å². The van der Waals surface area contributed by atoms with Crippen LogP contribution in [0.1, 0.15) is 51.4 Å². The van der Waals surface area contributed by atoms with Gasteiger partial charge in [0.25, 0.3) is 0 Å². The second-order valence-corrected chi connectivity index (χ2v) is 10.9. The van der Waals surface area contributed by atoms with Crippen molar-refractivity contribution in [3.8, 4) is 5.69 Å². The molecular weight excluding hydrogens is 518 g/mol. The average molecular weight is 554 g/mol. The average Bonchev–Trinajstić information content (AvgIpc) is 3.40. The van der Waals surface area contributed by atoms with Crippen LogP contribution in [0.15, 0.2) is 66.9 Å². The fourth-order valence-corrected chi connectivity index (χ4v) is 6.11. The van der Waals surface area contributed by atoms with Crippen LogP contribution in [-0.4, -0.2) is 34.3 Å². The lowest BCUT2D eigenvalue weighted by Crippen LogP contribution is -2.29. The fraction of sp³-hybridized carbons (Fsp3) is 0.281. The van der Waals surface area contributed by atoms with Crippen LogP contribution in [0.5, 0.6) is 0 Å². The van der Waals surface area contributed by atoms with E-state index in [0.29, 0.717) is 5.11 Å². The second-order valence-electron chi connectivity index (χ2n) is 10.5. The van der Waals surface area contributed by atoms with Crippen molar-refractivity contribution >= 4 is 34.6 Å². The van der Waals surface area contributed by atoms with E-state index < -0.39 is 0 Å². The van der Waals surface area contributed by atoms with Crippen LogP contribution < -0.4 is 15.5 Å². The van der Waals surface area contributed by atoms with Crippen LogP contribution in [0.2, 0.25) is 0 Å². The predicted molar refractivity (Wildman–Crippen MR) is 164 cm³/mol. The molecule has 2 aromatic carbocycles. The van der Waals surface area contributed by atoms with Crippen molar-refractivity contribution in [1.29, 1.82) is 0 Å². The number of amides is 1. The van der Waals surface area contributed by atoms with Crippen molar-refractivity contribution in [2.75, 3.05) is 23.9 Å². The minimum absolute atomic E-state index is 0.00519. The van der Waals surface area contributed by atoms with Crippen LogP contribution in [-0.2, 0) is 9.53 Å². The van der Waals surface area contributed by atoms with Crippen LogP contribution in [0.3, 0.4) is 0 Å². The van der Waals surface area contributed by atoms with Gasteiger partial charge in [-0.05, 0) is 118 Å². The molecule has 1 aliphatic heterocycles. The molecule has 0 saturated carbocycles. The number of methoxy groups -OCH3 is 1. The first-order valence-corrected chi connectivity index (χ1v) is 13.8. The Balaban J connectivity index is 1.62. The lowest BCUT2D eigenvalue weighted by molar-refractivity contribution is -0.119. The quantitative estimate of drug-likeness (QED) is 0.267. The zero-order valence-electron chi connectivity index (χ0n) is 23.8. The summed E-state index contributed by atoms with van der Waals surface area (Å²) in [6.07, 6.45) is 1.82. The lowest BCUT2D eigenvalue weighted by Gasteiger charge is -2.29. The molecule has 0 aliphatic carbocycles. The molecule has 40 heavy (non-hydrogen) atoms. The van der Waals surface area contributed by atoms with Crippen LogP contribution >= 0.6 is 12.2 Å². The SMILES string of the molecule is COCC(=O)Nc1ccc(N2C(=S)NC(c3ccccn3)C2c2cc(C)n(-c3cc(C)cc(C)c3)c2C)cc1C. The summed E-state index contributed by atoms with van der Waals surface area (Å²) in [5.74, 6) is -0.191. The Hall–Kier alpha value is -4.01. The van der Waals surface area contributed by atoms with E-state index in [9.17, 15) is 4.79 Å². The van der Waals surface area contributed by atoms with E-state index in [2.05, 4.69) is 78.1 Å². The maximum Gasteiger partial charge on any atom is 0.250 e. The monoisotopic (exact) mass is 553 g/mol. The Morgan fingerprint density at radius 3 is 2.40 bits per heavy atom. The molecule has 2 N–H and O–H groups in total. The molecule has 1 saturated heterocycles. The number of ether oxygens (including phenoxy) is 1. The van der Waals surface area contributed by atoms with Gasteiger partial charge < -0.3 is 24.8 Å². The Labute approximate surface area is 241 Å². The van der Waals surface area contributed by atoms with Crippen molar-refractivity contribution in [2.45, 2.75) is 46.7 Å². The number of thiocarbonyl (C=S) groups is 1. The predicted octanol–water partition coefficient (Wildman–Crippen LogP) is 6.18. The van der Waals surface area contributed by atoms with Crippen LogP contribution in [0.4, 0.5) is 11.4 Å². The molecule has 3 heterocycles. The van der Waals surface area contributed by atoms with Gasteiger partial charge in [-0.15, -0.1) is 0 Å². The minimum atomic E-state index is -0.191. The van der Waals surface area contributed by atoms with Crippen LogP contribution in [0, 0.1) is 34.6 Å². The molecule has 2 aromatic heterocycles. The number of pyridine rings is 1. The molecule has 4 aromatic rings. The Bertz CT molecular complexity index is 1560. The van der Waals surface area contributed by atoms with Gasteiger partial charge in [-0.25, -0.2) is 0 Å². The van der Waals surface area contributed by atoms with Crippen molar-refractivity contribution in [3.63, 3.8) is 0 Å². The first-order valence-electron chi connectivity index (χ1n) is 13.4. The Morgan fingerprint density at radius 1 is 1.00 bits per heavy atom. The van der Waals surface area contributed by atoms with E-state index in [1.54, 1.807) is 0 Å². The highest BCUT2D eigenvalue weighted by atomic mass is 32.1. The zero-order chi connectivity index (χ0) is 28.6. The molecule has 1 aliphatic rings. The molecule has 0 radical (unpaired) electrons. The third kappa shape index (κ3) is 5.24. The molecule has 206 valence electrons. The summed E-state index contributed by atoms with van der Waals surface area (Å²) in [7, 11) is 1.51. The Kier molecular flexibility index (Phi) is 7.74. The Morgan fingerprint density at radius 2 is 1.75 bits per heavy atom. The van der Waals surface area contributed by atoms with Gasteiger partial charge in [-0.3, -0.25) is 9.78 Å². The highest BCUT2D eigenvalue weighted by molar-refractivity contribution is 7.80. The van der Waals surface area contributed by atoms with Gasteiger partial charge in [0.15, 0.2) is 5.11 Å². The van der Waals surface area contributed by atoms with Gasteiger partial charge in [0.2, 0.25) is 5.91 Å². The van der Waals surface area contributed by atoms with Gasteiger partial charge in [0.1, 0.15) is 6.61 Å². The number of nitrogens with zero attached hydrogens (tertiary/aromatic N) is 3. The van der Waals surface area contributed by atoms with E-state index in [-0.39, 0.29) is 24.6 Å². The zero-order valence-corrected chi connectivity index (χ0v) is 24.6. The summed E-state index contributed by atoms with van der Waals surface area (Å²) >= 11 is 5.96. The second kappa shape index (κ2) is 11.2. The van der Waals surface area contributed by atoms with Gasteiger partial charge in [0, 0.05) is 41.8 Å². The third-order valence-electron chi connectivity index (χ3n) is 7.39. The van der Waals surface area contributed by atoms with Crippen LogP contribution in [0.25, 0.3) is 5.69 Å². The molecule has 0 spiro atoms. The first-order chi connectivity index (χ1) is 19.2. The van der Waals surface area contributed by atoms with Crippen molar-refractivity contribution in [1.82, 2.24) is 14.9 Å². The maximum atomic E-state index is 12.1. The standard InChI is InChI=1S/C32H35N5O2S/c1-19-13-20(2)15-25(14-19)36-22(4)17-26(23(36)5)31-30(28-9-7-8-12-33-28)35-32(40)37(31)24-10-11-27(21(3)16-24)34-29(38)18-39-6/h7-17,30-31H,18H2,1-6H3,(H,34,38)(H,35,40). The number of hydrogen-bond donors (Lipinski definition) is 2. The summed E-state index contributed by atoms with van der Waals surface area (Å²) in [5.41, 5.74) is 10.7. The molecular formula is C32H35N5O2S. The number of aromatic nitrogens is 2. The molecule has 7 nitrogen and oxygen atoms in total. The number of hydrogen-bond acceptors (Lipinski definition) is 4. The summed E-state index contributed by atoms with van der Waals surface area (Å²) in [5, 5.41) is 7.12. The number of benzene rings is 2. The number of carbonyl (C=O) groups excluding carboxylic acids is 1. The fourth-order valence-electron chi connectivity index (χ4n) is 5.77. The van der Waals surface area contributed by atoms with E-state index in [0.717, 1.165) is 39.7 Å². The normalized spacial score (nSPS) is 16.8. The number of carbonyl (C=O) groups is 1. The maximum absolute atomic E-state index is 12.1. The minimum Gasteiger partial charge on any atom is -0.375 e. The largest absolute Gasteiger partial charge is 0.375 e. The lowest BCUT2D eigenvalue weighted by atomic mass is 9.96. The van der Waals surface area contributed by atoms with Gasteiger partial charge >= 0.3 is 0 Å². The smallest absolute Gasteiger partial charge is 0.250 e. The van der Waals surface area contributed by atoms with E-state index in [4.69, 9.17) is 21.9 Å². The topological polar surface area (TPSA) is 71.4 Å². The van der Waals surface area contributed by atoms with Gasteiger partial charge in [-0.1, -0.05) is 12.1 Å². The van der Waals surface area contributed by atoms with E-state index in [1.807, 2.05) is 43.5 Å². The summed E-state index contributed by atoms with van der Waals surface area (Å²) < 4.78 is 7.29. The summed E-state index contributed by atoms with van der Waals surface area (Å²) in [6, 6.07) is 20.6. The summed E-state index contributed by atoms with van der Waals surface area (Å²) in [4.78, 5) is 19.0. The molecule has 2 unspecified atom stereocenters.